The standard InChI is InChI=1S/2C11H16NO2.Ni/c2*1-14-10-5-6-11(13)9(8-10)4-2-3-7-12;/h2*5-8,13H,2-4,12H2,1H3;. The SMILES string of the molecule is COc1ccc(O)c(CCC[CH](N)[Ni][CH](N)CCCc2cc(OC)ccc2O)c1. The normalized spacial score (nSPS) is 13.2. The predicted molar refractivity (Wildman–Crippen MR) is 111 cm³/mol. The molecule has 0 heterocycles. The van der Waals surface area contributed by atoms with Crippen LogP contribution >= 0.6 is 0 Å². The van der Waals surface area contributed by atoms with E-state index < -0.39 is 0 Å². The van der Waals surface area contributed by atoms with Gasteiger partial charge in [-0.1, -0.05) is 0 Å². The number of benzene rings is 2. The van der Waals surface area contributed by atoms with Crippen molar-refractivity contribution in [2.45, 2.75) is 48.5 Å². The topological polar surface area (TPSA) is 111 Å². The number of nitrogens with two attached hydrogens (primary N) is 2. The Kier molecular flexibility index (Phi) is 9.58. The molecular formula is C22H32N2NiO4. The van der Waals surface area contributed by atoms with Gasteiger partial charge in [-0.05, 0) is 0 Å². The molecule has 2 aromatic carbocycles. The zero-order valence-corrected chi connectivity index (χ0v) is 18.0. The molecule has 6 nitrogen and oxygen atoms in total. The molecule has 2 aromatic rings. The Hall–Kier alpha value is -1.95. The minimum atomic E-state index is -0.0320. The third kappa shape index (κ3) is 7.77. The summed E-state index contributed by atoms with van der Waals surface area (Å²) in [4.78, 5) is 0. The van der Waals surface area contributed by atoms with Gasteiger partial charge in [0.25, 0.3) is 0 Å². The number of methoxy groups -OCH3 is 2. The van der Waals surface area contributed by atoms with E-state index in [1.54, 1.807) is 38.5 Å². The van der Waals surface area contributed by atoms with Gasteiger partial charge >= 0.3 is 179 Å². The molecule has 2 unspecified atom stereocenters. The van der Waals surface area contributed by atoms with Crippen molar-refractivity contribution in [1.29, 1.82) is 0 Å². The molecule has 0 aliphatic rings. The van der Waals surface area contributed by atoms with Crippen molar-refractivity contribution >= 4 is 0 Å². The first-order valence-corrected chi connectivity index (χ1v) is 10.8. The van der Waals surface area contributed by atoms with E-state index in [2.05, 4.69) is 0 Å². The second-order valence-corrected chi connectivity index (χ2v) is 8.61. The predicted octanol–water partition coefficient (Wildman–Crippen LogP) is 3.11. The van der Waals surface area contributed by atoms with E-state index >= 15 is 0 Å². The second kappa shape index (κ2) is 11.9. The zero-order valence-electron chi connectivity index (χ0n) is 17.0. The van der Waals surface area contributed by atoms with Gasteiger partial charge in [-0.3, -0.25) is 0 Å². The Morgan fingerprint density at radius 3 is 1.59 bits per heavy atom. The molecular weight excluding hydrogens is 415 g/mol. The molecule has 29 heavy (non-hydrogen) atoms. The van der Waals surface area contributed by atoms with Gasteiger partial charge in [0.1, 0.15) is 0 Å². The fraction of sp³-hybridized carbons (Fsp3) is 0.455. The van der Waals surface area contributed by atoms with Crippen LogP contribution in [0.5, 0.6) is 23.0 Å². The van der Waals surface area contributed by atoms with Gasteiger partial charge < -0.3 is 0 Å². The van der Waals surface area contributed by atoms with Gasteiger partial charge in [-0.2, -0.15) is 0 Å². The Labute approximate surface area is 179 Å². The maximum absolute atomic E-state index is 9.95. The summed E-state index contributed by atoms with van der Waals surface area (Å²) in [6.07, 6.45) is 4.85. The molecule has 0 radical (unpaired) electrons. The fourth-order valence-electron chi connectivity index (χ4n) is 3.01. The Bertz CT molecular complexity index is 709. The first-order valence-electron chi connectivity index (χ1n) is 9.70. The van der Waals surface area contributed by atoms with Crippen molar-refractivity contribution in [2.24, 2.45) is 11.5 Å². The van der Waals surface area contributed by atoms with Crippen LogP contribution in [0.3, 0.4) is 0 Å². The van der Waals surface area contributed by atoms with Crippen LogP contribution in [0.25, 0.3) is 0 Å². The molecule has 0 amide bonds. The Morgan fingerprint density at radius 1 is 0.793 bits per heavy atom. The van der Waals surface area contributed by atoms with Crippen molar-refractivity contribution in [3.8, 4) is 23.0 Å². The summed E-state index contributed by atoms with van der Waals surface area (Å²) < 4.78 is 10.4. The van der Waals surface area contributed by atoms with Crippen LogP contribution in [-0.4, -0.2) is 34.5 Å². The number of ether oxygens (including phenoxy) is 2. The number of phenolic OH excluding ortho intramolecular Hbond substituents is 2. The molecule has 0 saturated carbocycles. The number of aromatic hydroxyl groups is 2. The van der Waals surface area contributed by atoms with E-state index in [4.69, 9.17) is 20.9 Å². The third-order valence-electron chi connectivity index (χ3n) is 4.66. The quantitative estimate of drug-likeness (QED) is 0.372. The molecule has 164 valence electrons. The average molecular weight is 447 g/mol. The van der Waals surface area contributed by atoms with Crippen molar-refractivity contribution < 1.29 is 34.1 Å². The Balaban J connectivity index is 1.69. The van der Waals surface area contributed by atoms with Gasteiger partial charge in [0, 0.05) is 0 Å². The minimum absolute atomic E-state index is 0.0320. The Morgan fingerprint density at radius 2 is 1.21 bits per heavy atom. The molecule has 2 rings (SSSR count). The van der Waals surface area contributed by atoms with Crippen LogP contribution < -0.4 is 20.9 Å². The molecule has 0 spiro atoms. The van der Waals surface area contributed by atoms with Gasteiger partial charge in [-0.15, -0.1) is 0 Å². The van der Waals surface area contributed by atoms with E-state index in [0.29, 0.717) is 0 Å². The first-order chi connectivity index (χ1) is 13.9. The molecule has 0 aromatic heterocycles. The number of aryl methyl sites for hydroxylation is 2. The molecule has 0 fully saturated rings. The third-order valence-corrected chi connectivity index (χ3v) is 6.08. The number of rotatable bonds is 12. The van der Waals surface area contributed by atoms with E-state index in [-0.39, 0.29) is 21.5 Å². The molecule has 7 heteroatoms. The van der Waals surface area contributed by atoms with E-state index in [0.717, 1.165) is 61.2 Å². The van der Waals surface area contributed by atoms with E-state index in [1.165, 1.54) is 14.4 Å². The van der Waals surface area contributed by atoms with Crippen molar-refractivity contribution in [2.75, 3.05) is 14.2 Å². The first kappa shape index (κ1) is 23.3. The molecule has 0 aliphatic heterocycles. The summed E-state index contributed by atoms with van der Waals surface area (Å²) in [6.45, 7) is 0. The van der Waals surface area contributed by atoms with Crippen LogP contribution in [0.2, 0.25) is 0 Å². The van der Waals surface area contributed by atoms with Gasteiger partial charge in [0.05, 0.1) is 0 Å². The fourth-order valence-corrected chi connectivity index (χ4v) is 4.28. The number of hydrogen-bond donors (Lipinski definition) is 4. The van der Waals surface area contributed by atoms with Gasteiger partial charge in [0.15, 0.2) is 0 Å². The van der Waals surface area contributed by atoms with Crippen LogP contribution in [0.15, 0.2) is 36.4 Å². The number of phenols is 2. The van der Waals surface area contributed by atoms with Crippen molar-refractivity contribution in [3.05, 3.63) is 47.5 Å². The van der Waals surface area contributed by atoms with Gasteiger partial charge in [0.2, 0.25) is 0 Å². The average Bonchev–Trinajstić information content (AvgIpc) is 2.70. The van der Waals surface area contributed by atoms with Crippen LogP contribution in [0.1, 0.15) is 36.8 Å². The molecule has 6 N–H and O–H groups in total. The summed E-state index contributed by atoms with van der Waals surface area (Å²) in [6, 6.07) is 10.5. The van der Waals surface area contributed by atoms with E-state index in [9.17, 15) is 10.2 Å². The summed E-state index contributed by atoms with van der Waals surface area (Å²) in [7, 11) is 3.22. The summed E-state index contributed by atoms with van der Waals surface area (Å²) in [5.41, 5.74) is 14.2. The van der Waals surface area contributed by atoms with Crippen molar-refractivity contribution in [3.63, 3.8) is 0 Å². The molecule has 0 aliphatic carbocycles. The molecule has 0 saturated heterocycles. The molecule has 2 atom stereocenters. The molecule has 0 bridgehead atoms. The summed E-state index contributed by atoms with van der Waals surface area (Å²) in [5, 5.41) is 19.8. The monoisotopic (exact) mass is 446 g/mol. The van der Waals surface area contributed by atoms with Crippen LogP contribution in [-0.2, 0) is 27.3 Å². The van der Waals surface area contributed by atoms with E-state index in [1.807, 2.05) is 12.1 Å². The zero-order chi connectivity index (χ0) is 21.2. The number of hydrogen-bond acceptors (Lipinski definition) is 6. The maximum atomic E-state index is 9.95. The van der Waals surface area contributed by atoms with Crippen LogP contribution in [0.4, 0.5) is 0 Å². The summed E-state index contributed by atoms with van der Waals surface area (Å²) in [5.74, 6) is 2.04. The van der Waals surface area contributed by atoms with Crippen molar-refractivity contribution in [1.82, 2.24) is 0 Å². The van der Waals surface area contributed by atoms with Crippen LogP contribution in [0, 0.1) is 0 Å². The summed E-state index contributed by atoms with van der Waals surface area (Å²) >= 11 is 1.37. The van der Waals surface area contributed by atoms with Gasteiger partial charge in [-0.25, -0.2) is 0 Å². The second-order valence-electron chi connectivity index (χ2n) is 6.82.